The van der Waals surface area contributed by atoms with Gasteiger partial charge in [-0.05, 0) is 107 Å². The van der Waals surface area contributed by atoms with Crippen LogP contribution < -0.4 is 14.8 Å². The van der Waals surface area contributed by atoms with Gasteiger partial charge in [0.1, 0.15) is 6.61 Å². The summed E-state index contributed by atoms with van der Waals surface area (Å²) in [5, 5.41) is 3.14. The highest BCUT2D eigenvalue weighted by atomic mass is 16.5. The van der Waals surface area contributed by atoms with E-state index in [0.29, 0.717) is 18.4 Å². The molecule has 1 aromatic rings. The Morgan fingerprint density at radius 3 is 2.46 bits per heavy atom. The Morgan fingerprint density at radius 1 is 1.00 bits per heavy atom. The number of benzene rings is 1. The Balaban J connectivity index is 1.19. The van der Waals surface area contributed by atoms with E-state index in [9.17, 15) is 4.79 Å². The first-order valence-corrected chi connectivity index (χ1v) is 13.9. The topological polar surface area (TPSA) is 54.0 Å². The molecule has 35 heavy (non-hydrogen) atoms. The van der Waals surface area contributed by atoms with Gasteiger partial charge in [-0.1, -0.05) is 19.4 Å². The molecule has 0 unspecified atom stereocenters. The second kappa shape index (κ2) is 13.3. The number of ether oxygens (including phenoxy) is 2. The van der Waals surface area contributed by atoms with Gasteiger partial charge in [0, 0.05) is 24.7 Å². The van der Waals surface area contributed by atoms with Crippen molar-refractivity contribution in [3.63, 3.8) is 0 Å². The third kappa shape index (κ3) is 7.97. The van der Waals surface area contributed by atoms with Crippen LogP contribution in [0.4, 0.5) is 0 Å². The van der Waals surface area contributed by atoms with Crippen LogP contribution in [-0.2, 0) is 4.79 Å². The summed E-state index contributed by atoms with van der Waals surface area (Å²) in [7, 11) is 1.66. The first-order valence-electron chi connectivity index (χ1n) is 13.9. The first kappa shape index (κ1) is 26.0. The van der Waals surface area contributed by atoms with Crippen molar-refractivity contribution in [1.29, 1.82) is 0 Å². The zero-order valence-corrected chi connectivity index (χ0v) is 21.8. The number of carbonyl (C=O) groups excluding carboxylic acids is 1. The minimum absolute atomic E-state index is 0.0205. The lowest BCUT2D eigenvalue weighted by atomic mass is 9.87. The molecule has 4 rings (SSSR count). The maximum atomic E-state index is 12.3. The summed E-state index contributed by atoms with van der Waals surface area (Å²) in [4.78, 5) is 17.6. The summed E-state index contributed by atoms with van der Waals surface area (Å²) in [5.74, 6) is 2.22. The maximum absolute atomic E-state index is 12.3. The number of carbonyl (C=O) groups is 1. The maximum Gasteiger partial charge on any atom is 0.244 e. The zero-order valence-electron chi connectivity index (χ0n) is 21.8. The SMILES string of the molecule is COc1cc(/C=C/C(=O)N[C@H]2CC[C@H](C)CC2)ccc1OCCN1CCC(N2CCCCC2)CC1. The molecule has 2 aliphatic heterocycles. The molecule has 0 spiro atoms. The highest BCUT2D eigenvalue weighted by molar-refractivity contribution is 5.92. The van der Waals surface area contributed by atoms with Crippen molar-refractivity contribution in [3.05, 3.63) is 29.8 Å². The molecule has 6 heteroatoms. The van der Waals surface area contributed by atoms with Crippen LogP contribution in [0.25, 0.3) is 6.08 Å². The van der Waals surface area contributed by atoms with Crippen molar-refractivity contribution < 1.29 is 14.3 Å². The molecule has 1 aliphatic carbocycles. The van der Waals surface area contributed by atoms with Crippen LogP contribution in [0.5, 0.6) is 11.5 Å². The fraction of sp³-hybridized carbons (Fsp3) is 0.690. The van der Waals surface area contributed by atoms with Gasteiger partial charge in [0.05, 0.1) is 7.11 Å². The minimum atomic E-state index is -0.0205. The van der Waals surface area contributed by atoms with Crippen molar-refractivity contribution in [2.45, 2.75) is 76.8 Å². The molecular formula is C29H45N3O3. The van der Waals surface area contributed by atoms with E-state index in [1.165, 1.54) is 58.0 Å². The lowest BCUT2D eigenvalue weighted by Gasteiger charge is -2.40. The molecule has 1 N–H and O–H groups in total. The summed E-state index contributed by atoms with van der Waals surface area (Å²) in [6.07, 6.45) is 14.7. The molecule has 0 radical (unpaired) electrons. The third-order valence-corrected chi connectivity index (χ3v) is 8.11. The van der Waals surface area contributed by atoms with Gasteiger partial charge in [0.25, 0.3) is 0 Å². The van der Waals surface area contributed by atoms with Gasteiger partial charge in [-0.25, -0.2) is 0 Å². The summed E-state index contributed by atoms with van der Waals surface area (Å²) >= 11 is 0. The van der Waals surface area contributed by atoms with Gasteiger partial charge in [0.15, 0.2) is 11.5 Å². The van der Waals surface area contributed by atoms with Gasteiger partial charge < -0.3 is 19.7 Å². The van der Waals surface area contributed by atoms with E-state index < -0.39 is 0 Å². The molecule has 0 aromatic heterocycles. The molecule has 2 saturated heterocycles. The van der Waals surface area contributed by atoms with E-state index >= 15 is 0 Å². The molecule has 194 valence electrons. The van der Waals surface area contributed by atoms with Gasteiger partial charge >= 0.3 is 0 Å². The number of nitrogens with zero attached hydrogens (tertiary/aromatic N) is 2. The third-order valence-electron chi connectivity index (χ3n) is 8.11. The number of nitrogens with one attached hydrogen (secondary N) is 1. The molecule has 1 aromatic carbocycles. The Labute approximate surface area is 212 Å². The Kier molecular flexibility index (Phi) is 9.90. The lowest BCUT2D eigenvalue weighted by Crippen LogP contribution is -2.47. The number of piperidine rings is 2. The van der Waals surface area contributed by atoms with E-state index in [0.717, 1.165) is 55.7 Å². The molecule has 1 saturated carbocycles. The Morgan fingerprint density at radius 2 is 1.74 bits per heavy atom. The second-order valence-corrected chi connectivity index (χ2v) is 10.7. The second-order valence-electron chi connectivity index (χ2n) is 10.7. The average molecular weight is 484 g/mol. The van der Waals surface area contributed by atoms with Gasteiger partial charge in [0.2, 0.25) is 5.91 Å². The van der Waals surface area contributed by atoms with Crippen LogP contribution in [0.1, 0.15) is 70.3 Å². The van der Waals surface area contributed by atoms with Crippen molar-refractivity contribution >= 4 is 12.0 Å². The van der Waals surface area contributed by atoms with Gasteiger partial charge in [-0.15, -0.1) is 0 Å². The Bertz CT molecular complexity index is 820. The summed E-state index contributed by atoms with van der Waals surface area (Å²) in [5.41, 5.74) is 0.932. The highest BCUT2D eigenvalue weighted by Gasteiger charge is 2.25. The molecular weight excluding hydrogens is 438 g/mol. The van der Waals surface area contributed by atoms with E-state index in [4.69, 9.17) is 9.47 Å². The molecule has 0 atom stereocenters. The van der Waals surface area contributed by atoms with Crippen LogP contribution in [0.15, 0.2) is 24.3 Å². The van der Waals surface area contributed by atoms with Gasteiger partial charge in [-0.2, -0.15) is 0 Å². The zero-order chi connectivity index (χ0) is 24.5. The largest absolute Gasteiger partial charge is 0.493 e. The van der Waals surface area contributed by atoms with Gasteiger partial charge in [-0.3, -0.25) is 9.69 Å². The van der Waals surface area contributed by atoms with Crippen molar-refractivity contribution in [1.82, 2.24) is 15.1 Å². The molecule has 0 bridgehead atoms. The normalized spacial score (nSPS) is 25.0. The summed E-state index contributed by atoms with van der Waals surface area (Å²) in [6, 6.07) is 6.95. The predicted octanol–water partition coefficient (Wildman–Crippen LogP) is 4.73. The standard InChI is InChI=1S/C29H45N3O3/c1-23-6-10-25(11-7-23)30-29(33)13-9-24-8-12-27(28(22-24)34-2)35-21-20-31-18-14-26(15-19-31)32-16-4-3-5-17-32/h8-9,12-13,22-23,25-26H,3-7,10-11,14-21H2,1-2H3,(H,30,33)/b13-9+/t23-,25-. The van der Waals surface area contributed by atoms with Crippen molar-refractivity contribution in [2.24, 2.45) is 5.92 Å². The van der Waals surface area contributed by atoms with Crippen LogP contribution in [0.2, 0.25) is 0 Å². The number of rotatable bonds is 9. The number of hydrogen-bond acceptors (Lipinski definition) is 5. The minimum Gasteiger partial charge on any atom is -0.493 e. The fourth-order valence-corrected chi connectivity index (χ4v) is 5.81. The molecule has 3 fully saturated rings. The lowest BCUT2D eigenvalue weighted by molar-refractivity contribution is -0.117. The quantitative estimate of drug-likeness (QED) is 0.515. The molecule has 1 amide bonds. The van der Waals surface area contributed by atoms with Crippen LogP contribution in [0.3, 0.4) is 0 Å². The van der Waals surface area contributed by atoms with Crippen molar-refractivity contribution in [2.75, 3.05) is 46.4 Å². The molecule has 3 aliphatic rings. The monoisotopic (exact) mass is 483 g/mol. The number of methoxy groups -OCH3 is 1. The van der Waals surface area contributed by atoms with Crippen LogP contribution >= 0.6 is 0 Å². The van der Waals surface area contributed by atoms with E-state index in [2.05, 4.69) is 22.0 Å². The van der Waals surface area contributed by atoms with E-state index in [1.807, 2.05) is 24.3 Å². The highest BCUT2D eigenvalue weighted by Crippen LogP contribution is 2.29. The number of hydrogen-bond donors (Lipinski definition) is 1. The fourth-order valence-electron chi connectivity index (χ4n) is 5.81. The predicted molar refractivity (Wildman–Crippen MR) is 142 cm³/mol. The smallest absolute Gasteiger partial charge is 0.244 e. The van der Waals surface area contributed by atoms with Crippen molar-refractivity contribution in [3.8, 4) is 11.5 Å². The average Bonchev–Trinajstić information content (AvgIpc) is 2.90. The first-order chi connectivity index (χ1) is 17.1. The molecule has 2 heterocycles. The van der Waals surface area contributed by atoms with Crippen LogP contribution in [0, 0.1) is 5.92 Å². The Hall–Kier alpha value is -2.05. The summed E-state index contributed by atoms with van der Waals surface area (Å²) in [6.45, 7) is 8.80. The van der Waals surface area contributed by atoms with Crippen LogP contribution in [-0.4, -0.2) is 74.2 Å². The van der Waals surface area contributed by atoms with E-state index in [-0.39, 0.29) is 5.91 Å². The molecule has 6 nitrogen and oxygen atoms in total. The number of amides is 1. The summed E-state index contributed by atoms with van der Waals surface area (Å²) < 4.78 is 11.7. The number of likely N-dealkylation sites (tertiary alicyclic amines) is 2. The van der Waals surface area contributed by atoms with E-state index in [1.54, 1.807) is 13.2 Å².